The molecule has 6 rings (SSSR count). The number of allylic oxidation sites excluding steroid dienone is 1. The van der Waals surface area contributed by atoms with Crippen LogP contribution >= 0.6 is 0 Å². The molecule has 0 spiro atoms. The van der Waals surface area contributed by atoms with Crippen LogP contribution in [0.15, 0.2) is 60.0 Å². The SMILES string of the molecule is C=CCn1c(=O)c2cnc(Nc3ccc(N4CCN(C)CC4)cc3)nc2n1-c1ccc2c(n1)C(C)CCC2. The van der Waals surface area contributed by atoms with Gasteiger partial charge in [-0.2, -0.15) is 4.98 Å². The molecule has 0 saturated carbocycles. The van der Waals surface area contributed by atoms with Gasteiger partial charge in [-0.15, -0.1) is 6.58 Å². The van der Waals surface area contributed by atoms with Gasteiger partial charge in [0.1, 0.15) is 5.39 Å². The summed E-state index contributed by atoms with van der Waals surface area (Å²) in [7, 11) is 2.16. The van der Waals surface area contributed by atoms with Crippen molar-refractivity contribution in [1.82, 2.24) is 29.2 Å². The zero-order chi connectivity index (χ0) is 26.2. The van der Waals surface area contributed by atoms with Gasteiger partial charge in [0.2, 0.25) is 5.95 Å². The number of hydrogen-bond acceptors (Lipinski definition) is 7. The number of hydrogen-bond donors (Lipinski definition) is 1. The number of fused-ring (bicyclic) bond motifs is 2. The highest BCUT2D eigenvalue weighted by Gasteiger charge is 2.22. The van der Waals surface area contributed by atoms with Crippen LogP contribution < -0.4 is 15.8 Å². The summed E-state index contributed by atoms with van der Waals surface area (Å²) in [4.78, 5) is 32.3. The van der Waals surface area contributed by atoms with Gasteiger partial charge in [0.25, 0.3) is 5.56 Å². The van der Waals surface area contributed by atoms with Crippen LogP contribution in [-0.2, 0) is 13.0 Å². The summed E-state index contributed by atoms with van der Waals surface area (Å²) in [6.45, 7) is 10.6. The van der Waals surface area contributed by atoms with Gasteiger partial charge in [-0.05, 0) is 68.1 Å². The van der Waals surface area contributed by atoms with Crippen LogP contribution in [0.1, 0.15) is 36.9 Å². The van der Waals surface area contributed by atoms with E-state index in [9.17, 15) is 4.79 Å². The van der Waals surface area contributed by atoms with Crippen molar-refractivity contribution < 1.29 is 0 Å². The van der Waals surface area contributed by atoms with Gasteiger partial charge < -0.3 is 15.1 Å². The van der Waals surface area contributed by atoms with Crippen molar-refractivity contribution >= 4 is 28.4 Å². The molecular weight excluding hydrogens is 476 g/mol. The fourth-order valence-electron chi connectivity index (χ4n) is 5.54. The molecule has 1 fully saturated rings. The molecule has 196 valence electrons. The number of aromatic nitrogens is 5. The van der Waals surface area contributed by atoms with E-state index in [0.29, 0.717) is 35.3 Å². The lowest BCUT2D eigenvalue weighted by Crippen LogP contribution is -2.44. The number of benzene rings is 1. The smallest absolute Gasteiger partial charge is 0.278 e. The highest BCUT2D eigenvalue weighted by molar-refractivity contribution is 5.77. The molecule has 1 aromatic carbocycles. The Morgan fingerprint density at radius 2 is 1.87 bits per heavy atom. The molecular formula is C29H34N8O. The monoisotopic (exact) mass is 510 g/mol. The quantitative estimate of drug-likeness (QED) is 0.391. The summed E-state index contributed by atoms with van der Waals surface area (Å²) in [5.74, 6) is 1.51. The van der Waals surface area contributed by atoms with Gasteiger partial charge in [0, 0.05) is 49.4 Å². The Hall–Kier alpha value is -3.98. The van der Waals surface area contributed by atoms with E-state index < -0.39 is 0 Å². The number of nitrogens with one attached hydrogen (secondary N) is 1. The van der Waals surface area contributed by atoms with Crippen LogP contribution in [0.3, 0.4) is 0 Å². The van der Waals surface area contributed by atoms with Crippen LogP contribution in [0.5, 0.6) is 0 Å². The molecule has 9 nitrogen and oxygen atoms in total. The number of piperazine rings is 1. The zero-order valence-corrected chi connectivity index (χ0v) is 22.1. The summed E-state index contributed by atoms with van der Waals surface area (Å²) >= 11 is 0. The van der Waals surface area contributed by atoms with Crippen molar-refractivity contribution in [3.8, 4) is 5.82 Å². The largest absolute Gasteiger partial charge is 0.369 e. The van der Waals surface area contributed by atoms with Crippen molar-refractivity contribution in [3.63, 3.8) is 0 Å². The molecule has 1 aliphatic carbocycles. The first-order chi connectivity index (χ1) is 18.5. The number of anilines is 3. The molecule has 1 atom stereocenters. The van der Waals surface area contributed by atoms with Gasteiger partial charge in [0.05, 0.1) is 6.54 Å². The molecule has 1 N–H and O–H groups in total. The predicted molar refractivity (Wildman–Crippen MR) is 152 cm³/mol. The topological polar surface area (TPSA) is 84.1 Å². The predicted octanol–water partition coefficient (Wildman–Crippen LogP) is 4.10. The lowest BCUT2D eigenvalue weighted by molar-refractivity contribution is 0.313. The molecule has 1 unspecified atom stereocenters. The minimum Gasteiger partial charge on any atom is -0.369 e. The Morgan fingerprint density at radius 3 is 2.63 bits per heavy atom. The summed E-state index contributed by atoms with van der Waals surface area (Å²) in [5.41, 5.74) is 4.87. The molecule has 0 amide bonds. The third kappa shape index (κ3) is 4.47. The van der Waals surface area contributed by atoms with E-state index in [1.807, 2.05) is 22.9 Å². The maximum Gasteiger partial charge on any atom is 0.278 e. The first kappa shape index (κ1) is 24.4. The molecule has 3 aromatic heterocycles. The minimum atomic E-state index is -0.157. The summed E-state index contributed by atoms with van der Waals surface area (Å²) < 4.78 is 3.44. The van der Waals surface area contributed by atoms with Gasteiger partial charge in [-0.1, -0.05) is 19.1 Å². The standard InChI is InChI=1S/C29H34N8O/c1-4-14-36-28(38)24-19-30-29(31-22-9-11-23(12-10-22)35-17-15-34(3)16-18-35)33-27(24)37(36)25-13-8-21-7-5-6-20(2)26(21)32-25/h4,8-13,19-20H,1,5-7,14-18H2,2-3H3,(H,30,31,33). The molecule has 1 aliphatic heterocycles. The maximum absolute atomic E-state index is 13.3. The number of likely N-dealkylation sites (N-methyl/N-ethyl adjacent to an activating group) is 1. The fraction of sp³-hybridized carbons (Fsp3) is 0.379. The Labute approximate surface area is 222 Å². The Morgan fingerprint density at radius 1 is 1.08 bits per heavy atom. The average molecular weight is 511 g/mol. The minimum absolute atomic E-state index is 0.157. The second-order valence-corrected chi connectivity index (χ2v) is 10.4. The second kappa shape index (κ2) is 10.1. The molecule has 4 heterocycles. The van der Waals surface area contributed by atoms with E-state index >= 15 is 0 Å². The first-order valence-electron chi connectivity index (χ1n) is 13.4. The molecule has 1 saturated heterocycles. The summed E-state index contributed by atoms with van der Waals surface area (Å²) in [5, 5.41) is 3.77. The van der Waals surface area contributed by atoms with Crippen molar-refractivity contribution in [3.05, 3.63) is 76.9 Å². The third-order valence-corrected chi connectivity index (χ3v) is 7.73. The van der Waals surface area contributed by atoms with Crippen LogP contribution in [0.4, 0.5) is 17.3 Å². The second-order valence-electron chi connectivity index (χ2n) is 10.4. The van der Waals surface area contributed by atoms with E-state index in [-0.39, 0.29) is 5.56 Å². The highest BCUT2D eigenvalue weighted by atomic mass is 16.1. The molecule has 0 radical (unpaired) electrons. The Bertz CT molecular complexity index is 1530. The van der Waals surface area contributed by atoms with Gasteiger partial charge >= 0.3 is 0 Å². The van der Waals surface area contributed by atoms with Crippen molar-refractivity contribution in [2.75, 3.05) is 43.4 Å². The zero-order valence-electron chi connectivity index (χ0n) is 22.1. The average Bonchev–Trinajstić information content (AvgIpc) is 3.20. The molecule has 38 heavy (non-hydrogen) atoms. The molecule has 9 heteroatoms. The van der Waals surface area contributed by atoms with Crippen molar-refractivity contribution in [2.24, 2.45) is 0 Å². The summed E-state index contributed by atoms with van der Waals surface area (Å²) in [6.07, 6.45) is 6.67. The third-order valence-electron chi connectivity index (χ3n) is 7.73. The number of nitrogens with zero attached hydrogens (tertiary/aromatic N) is 7. The Kier molecular flexibility index (Phi) is 6.45. The van der Waals surface area contributed by atoms with E-state index in [2.05, 4.69) is 58.9 Å². The van der Waals surface area contributed by atoms with Crippen LogP contribution in [0.25, 0.3) is 16.9 Å². The lowest BCUT2D eigenvalue weighted by atomic mass is 9.88. The molecule has 4 aromatic rings. The Balaban J connectivity index is 1.35. The lowest BCUT2D eigenvalue weighted by Gasteiger charge is -2.34. The van der Waals surface area contributed by atoms with Gasteiger partial charge in [0.15, 0.2) is 11.5 Å². The van der Waals surface area contributed by atoms with Crippen LogP contribution in [-0.4, -0.2) is 62.4 Å². The number of rotatable bonds is 6. The molecule has 0 bridgehead atoms. The van der Waals surface area contributed by atoms with Gasteiger partial charge in [-0.25, -0.2) is 19.3 Å². The van der Waals surface area contributed by atoms with Crippen molar-refractivity contribution in [2.45, 2.75) is 38.6 Å². The number of aryl methyl sites for hydroxylation is 1. The highest BCUT2D eigenvalue weighted by Crippen LogP contribution is 2.31. The first-order valence-corrected chi connectivity index (χ1v) is 13.4. The van der Waals surface area contributed by atoms with E-state index in [1.54, 1.807) is 17.0 Å². The van der Waals surface area contributed by atoms with Crippen LogP contribution in [0, 0.1) is 0 Å². The molecule has 2 aliphatic rings. The summed E-state index contributed by atoms with van der Waals surface area (Å²) in [6, 6.07) is 12.5. The van der Waals surface area contributed by atoms with E-state index in [0.717, 1.165) is 50.4 Å². The number of pyridine rings is 1. The van der Waals surface area contributed by atoms with E-state index in [1.165, 1.54) is 17.7 Å². The van der Waals surface area contributed by atoms with Crippen LogP contribution in [0.2, 0.25) is 0 Å². The fourth-order valence-corrected chi connectivity index (χ4v) is 5.54. The maximum atomic E-state index is 13.3. The van der Waals surface area contributed by atoms with E-state index in [4.69, 9.17) is 9.97 Å². The van der Waals surface area contributed by atoms with Crippen molar-refractivity contribution in [1.29, 1.82) is 0 Å². The van der Waals surface area contributed by atoms with Gasteiger partial charge in [-0.3, -0.25) is 4.79 Å². The normalized spacial score (nSPS) is 17.9.